The maximum absolute atomic E-state index is 12.3. The van der Waals surface area contributed by atoms with Crippen LogP contribution in [0.2, 0.25) is 0 Å². The van der Waals surface area contributed by atoms with Gasteiger partial charge in [0.05, 0.1) is 11.8 Å². The predicted molar refractivity (Wildman–Crippen MR) is 82.6 cm³/mol. The number of carbonyl (C=O) groups excluding carboxylic acids is 2. The zero-order valence-corrected chi connectivity index (χ0v) is 13.7. The zero-order chi connectivity index (χ0) is 17.2. The van der Waals surface area contributed by atoms with E-state index in [9.17, 15) is 19.5 Å². The second-order valence-corrected chi connectivity index (χ2v) is 7.06. The van der Waals surface area contributed by atoms with Crippen LogP contribution in [-0.4, -0.2) is 41.8 Å². The summed E-state index contributed by atoms with van der Waals surface area (Å²) < 4.78 is 5.08. The van der Waals surface area contributed by atoms with Gasteiger partial charge in [0.2, 0.25) is 5.91 Å². The lowest BCUT2D eigenvalue weighted by Gasteiger charge is -2.24. The van der Waals surface area contributed by atoms with Gasteiger partial charge in [-0.3, -0.25) is 9.59 Å². The molecule has 128 valence electrons. The Hall–Kier alpha value is -2.05. The first-order valence-corrected chi connectivity index (χ1v) is 7.85. The van der Waals surface area contributed by atoms with Crippen LogP contribution in [0.3, 0.4) is 0 Å². The van der Waals surface area contributed by atoms with Crippen LogP contribution in [0.4, 0.5) is 4.79 Å². The van der Waals surface area contributed by atoms with E-state index in [-0.39, 0.29) is 30.8 Å². The normalized spacial score (nSPS) is 28.5. The van der Waals surface area contributed by atoms with Gasteiger partial charge in [0.1, 0.15) is 5.60 Å². The van der Waals surface area contributed by atoms with Crippen LogP contribution in [0.25, 0.3) is 0 Å². The van der Waals surface area contributed by atoms with Crippen LogP contribution in [0.5, 0.6) is 0 Å². The Morgan fingerprint density at radius 3 is 2.22 bits per heavy atom. The number of alkyl carbamates (subject to hydrolysis) is 1. The lowest BCUT2D eigenvalue weighted by molar-refractivity contribution is -0.147. The van der Waals surface area contributed by atoms with Crippen LogP contribution in [0.1, 0.15) is 27.2 Å². The van der Waals surface area contributed by atoms with Gasteiger partial charge in [-0.1, -0.05) is 12.2 Å². The number of ether oxygens (including phenoxy) is 1. The molecule has 0 aromatic rings. The average molecular weight is 324 g/mol. The molecule has 0 aromatic carbocycles. The Morgan fingerprint density at radius 1 is 1.09 bits per heavy atom. The van der Waals surface area contributed by atoms with Crippen molar-refractivity contribution in [3.63, 3.8) is 0 Å². The van der Waals surface area contributed by atoms with Crippen molar-refractivity contribution in [2.45, 2.75) is 32.8 Å². The fraction of sp³-hybridized carbons (Fsp3) is 0.688. The number of hydrogen-bond donors (Lipinski definition) is 3. The van der Waals surface area contributed by atoms with E-state index in [0.717, 1.165) is 6.42 Å². The number of rotatable bonds is 5. The van der Waals surface area contributed by atoms with Gasteiger partial charge in [0, 0.05) is 13.1 Å². The lowest BCUT2D eigenvalue weighted by Crippen LogP contribution is -2.43. The van der Waals surface area contributed by atoms with Crippen molar-refractivity contribution in [3.05, 3.63) is 12.2 Å². The van der Waals surface area contributed by atoms with E-state index in [1.165, 1.54) is 0 Å². The predicted octanol–water partition coefficient (Wildman–Crippen LogP) is 1.15. The monoisotopic (exact) mass is 324 g/mol. The van der Waals surface area contributed by atoms with Gasteiger partial charge in [-0.25, -0.2) is 4.79 Å². The molecule has 2 amide bonds. The largest absolute Gasteiger partial charge is 0.481 e. The zero-order valence-electron chi connectivity index (χ0n) is 13.7. The van der Waals surface area contributed by atoms with Crippen molar-refractivity contribution in [2.75, 3.05) is 13.1 Å². The minimum Gasteiger partial charge on any atom is -0.481 e. The van der Waals surface area contributed by atoms with Crippen LogP contribution in [0.15, 0.2) is 12.2 Å². The Morgan fingerprint density at radius 2 is 1.65 bits per heavy atom. The smallest absolute Gasteiger partial charge is 0.407 e. The Labute approximate surface area is 135 Å². The standard InChI is InChI=1S/C16H24N2O5/c1-16(2,3)23-15(22)18-7-6-17-13(19)11-9-4-5-10(8-9)12(11)14(20)21/h4-5,9-12H,6-8H2,1-3H3,(H,17,19)(H,18,22)(H,20,21). The number of carboxylic acid groups (broad SMARTS) is 1. The van der Waals surface area contributed by atoms with Gasteiger partial charge in [-0.05, 0) is 39.0 Å². The molecule has 0 aromatic heterocycles. The molecule has 3 N–H and O–H groups in total. The van der Waals surface area contributed by atoms with E-state index >= 15 is 0 Å². The van der Waals surface area contributed by atoms with Crippen molar-refractivity contribution in [1.29, 1.82) is 0 Å². The average Bonchev–Trinajstić information content (AvgIpc) is 3.01. The van der Waals surface area contributed by atoms with E-state index in [1.54, 1.807) is 20.8 Å². The van der Waals surface area contributed by atoms with Gasteiger partial charge >= 0.3 is 12.1 Å². The highest BCUT2D eigenvalue weighted by molar-refractivity contribution is 5.86. The van der Waals surface area contributed by atoms with Crippen LogP contribution in [-0.2, 0) is 14.3 Å². The van der Waals surface area contributed by atoms with Crippen LogP contribution < -0.4 is 10.6 Å². The summed E-state index contributed by atoms with van der Waals surface area (Å²) in [5.41, 5.74) is -0.572. The number of nitrogens with one attached hydrogen (secondary N) is 2. The second-order valence-electron chi connectivity index (χ2n) is 7.06. The van der Waals surface area contributed by atoms with E-state index in [2.05, 4.69) is 10.6 Å². The first-order valence-electron chi connectivity index (χ1n) is 7.85. The van der Waals surface area contributed by atoms with Gasteiger partial charge in [-0.15, -0.1) is 0 Å². The molecule has 2 bridgehead atoms. The Kier molecular flexibility index (Phi) is 4.97. The molecule has 4 atom stereocenters. The number of aliphatic carboxylic acids is 1. The number of carboxylic acids is 1. The summed E-state index contributed by atoms with van der Waals surface area (Å²) in [5.74, 6) is -2.41. The molecule has 2 aliphatic carbocycles. The van der Waals surface area contributed by atoms with E-state index in [4.69, 9.17) is 4.74 Å². The summed E-state index contributed by atoms with van der Waals surface area (Å²) in [7, 11) is 0. The van der Waals surface area contributed by atoms with E-state index in [1.807, 2.05) is 12.2 Å². The molecule has 0 aliphatic heterocycles. The molecular weight excluding hydrogens is 300 g/mol. The van der Waals surface area contributed by atoms with Gasteiger partial charge in [-0.2, -0.15) is 0 Å². The summed E-state index contributed by atoms with van der Waals surface area (Å²) in [4.78, 5) is 35.1. The SMILES string of the molecule is CC(C)(C)OC(=O)NCCNC(=O)C1C2C=CC(C2)C1C(=O)O. The lowest BCUT2D eigenvalue weighted by atomic mass is 9.82. The minimum absolute atomic E-state index is 0.0000787. The number of hydrogen-bond acceptors (Lipinski definition) is 4. The molecule has 2 aliphatic rings. The molecule has 1 saturated carbocycles. The minimum atomic E-state index is -0.922. The number of amides is 2. The quantitative estimate of drug-likeness (QED) is 0.520. The summed E-state index contributed by atoms with van der Waals surface area (Å²) >= 11 is 0. The molecule has 7 nitrogen and oxygen atoms in total. The highest BCUT2D eigenvalue weighted by atomic mass is 16.6. The third-order valence-electron chi connectivity index (χ3n) is 4.14. The van der Waals surface area contributed by atoms with Crippen molar-refractivity contribution in [2.24, 2.45) is 23.7 Å². The second kappa shape index (κ2) is 6.60. The molecule has 4 unspecified atom stereocenters. The van der Waals surface area contributed by atoms with E-state index in [0.29, 0.717) is 0 Å². The first-order chi connectivity index (χ1) is 10.7. The third-order valence-corrected chi connectivity index (χ3v) is 4.14. The summed E-state index contributed by atoms with van der Waals surface area (Å²) in [5, 5.41) is 14.6. The van der Waals surface area contributed by atoms with Crippen LogP contribution in [0, 0.1) is 23.7 Å². The first kappa shape index (κ1) is 17.3. The van der Waals surface area contributed by atoms with Gasteiger partial charge in [0.15, 0.2) is 0 Å². The van der Waals surface area contributed by atoms with Crippen LogP contribution >= 0.6 is 0 Å². The molecule has 23 heavy (non-hydrogen) atoms. The Bertz CT molecular complexity index is 523. The molecule has 7 heteroatoms. The maximum atomic E-state index is 12.3. The summed E-state index contributed by atoms with van der Waals surface area (Å²) in [6.45, 7) is 5.77. The van der Waals surface area contributed by atoms with Crippen molar-refractivity contribution in [1.82, 2.24) is 10.6 Å². The third kappa shape index (κ3) is 4.24. The molecule has 0 saturated heterocycles. The van der Waals surface area contributed by atoms with Crippen molar-refractivity contribution in [3.8, 4) is 0 Å². The molecule has 0 heterocycles. The maximum Gasteiger partial charge on any atom is 0.407 e. The summed E-state index contributed by atoms with van der Waals surface area (Å²) in [6.07, 6.45) is 4.02. The molecule has 0 radical (unpaired) electrons. The van der Waals surface area contributed by atoms with Gasteiger partial charge in [0.25, 0.3) is 0 Å². The van der Waals surface area contributed by atoms with Crippen molar-refractivity contribution < 1.29 is 24.2 Å². The van der Waals surface area contributed by atoms with Gasteiger partial charge < -0.3 is 20.5 Å². The number of fused-ring (bicyclic) bond motifs is 2. The number of carbonyl (C=O) groups is 3. The highest BCUT2D eigenvalue weighted by Gasteiger charge is 2.51. The molecule has 0 spiro atoms. The topological polar surface area (TPSA) is 105 Å². The highest BCUT2D eigenvalue weighted by Crippen LogP contribution is 2.48. The molecule has 2 rings (SSSR count). The Balaban J connectivity index is 1.76. The van der Waals surface area contributed by atoms with E-state index < -0.39 is 29.5 Å². The summed E-state index contributed by atoms with van der Waals surface area (Å²) in [6, 6.07) is 0. The molecule has 1 fully saturated rings. The number of allylic oxidation sites excluding steroid dienone is 2. The van der Waals surface area contributed by atoms with Crippen molar-refractivity contribution >= 4 is 18.0 Å². The molecular formula is C16H24N2O5. The fourth-order valence-corrected chi connectivity index (χ4v) is 3.30. The fourth-order valence-electron chi connectivity index (χ4n) is 3.30.